The Morgan fingerprint density at radius 3 is 2.88 bits per heavy atom. The average molecular weight is 321 g/mol. The number of anilines is 1. The summed E-state index contributed by atoms with van der Waals surface area (Å²) in [5.41, 5.74) is 7.30. The van der Waals surface area contributed by atoms with E-state index in [9.17, 15) is 4.21 Å². The fraction of sp³-hybridized carbons (Fsp3) is 0.300. The van der Waals surface area contributed by atoms with E-state index in [1.54, 1.807) is 6.26 Å². The van der Waals surface area contributed by atoms with Crippen molar-refractivity contribution in [2.24, 2.45) is 5.73 Å². The van der Waals surface area contributed by atoms with Gasteiger partial charge in [0.1, 0.15) is 4.99 Å². The molecule has 1 rings (SSSR count). The van der Waals surface area contributed by atoms with Crippen LogP contribution < -0.4 is 11.1 Å². The van der Waals surface area contributed by atoms with E-state index in [2.05, 4.69) is 21.2 Å². The van der Waals surface area contributed by atoms with E-state index >= 15 is 0 Å². The molecule has 1 unspecified atom stereocenters. The van der Waals surface area contributed by atoms with Gasteiger partial charge in [-0.05, 0) is 18.2 Å². The summed E-state index contributed by atoms with van der Waals surface area (Å²) >= 11 is 8.33. The largest absolute Gasteiger partial charge is 0.389 e. The van der Waals surface area contributed by atoms with Crippen molar-refractivity contribution in [3.05, 3.63) is 28.2 Å². The van der Waals surface area contributed by atoms with Crippen LogP contribution in [0.2, 0.25) is 0 Å². The maximum atomic E-state index is 10.9. The Bertz CT molecular complexity index is 423. The molecule has 3 N–H and O–H groups in total. The van der Waals surface area contributed by atoms with Crippen LogP contribution in [0, 0.1) is 0 Å². The summed E-state index contributed by atoms with van der Waals surface area (Å²) in [6, 6.07) is 5.68. The van der Waals surface area contributed by atoms with E-state index in [1.807, 2.05) is 18.2 Å². The lowest BCUT2D eigenvalue weighted by Gasteiger charge is -2.10. The van der Waals surface area contributed by atoms with Gasteiger partial charge in [0.05, 0.1) is 0 Å². The summed E-state index contributed by atoms with van der Waals surface area (Å²) in [7, 11) is -0.797. The van der Waals surface area contributed by atoms with Crippen molar-refractivity contribution in [3.63, 3.8) is 0 Å². The van der Waals surface area contributed by atoms with Gasteiger partial charge in [0, 0.05) is 45.1 Å². The molecule has 0 aliphatic heterocycles. The third-order valence-electron chi connectivity index (χ3n) is 1.95. The van der Waals surface area contributed by atoms with Gasteiger partial charge >= 0.3 is 0 Å². The Morgan fingerprint density at radius 1 is 1.62 bits per heavy atom. The summed E-state index contributed by atoms with van der Waals surface area (Å²) in [5, 5.41) is 3.17. The van der Waals surface area contributed by atoms with Gasteiger partial charge < -0.3 is 11.1 Å². The molecule has 0 spiro atoms. The highest BCUT2D eigenvalue weighted by atomic mass is 79.9. The molecular formula is C10H13BrN2OS2. The van der Waals surface area contributed by atoms with Crippen LogP contribution in [0.3, 0.4) is 0 Å². The molecule has 0 saturated heterocycles. The Balaban J connectivity index is 2.78. The third kappa shape index (κ3) is 4.19. The van der Waals surface area contributed by atoms with Gasteiger partial charge in [-0.2, -0.15) is 0 Å². The van der Waals surface area contributed by atoms with Crippen LogP contribution in [-0.4, -0.2) is 27.8 Å². The highest BCUT2D eigenvalue weighted by Crippen LogP contribution is 2.20. The lowest BCUT2D eigenvalue weighted by atomic mass is 10.2. The standard InChI is InChI=1S/C10H13BrN2OS2/c1-16(14)5-4-13-9-3-2-7(11)6-8(9)10(12)15/h2-3,6,13H,4-5H2,1H3,(H2,12,15). The molecule has 0 amide bonds. The summed E-state index contributed by atoms with van der Waals surface area (Å²) in [6.45, 7) is 0.639. The Labute approximate surface area is 111 Å². The lowest BCUT2D eigenvalue weighted by molar-refractivity contribution is 0.687. The van der Waals surface area contributed by atoms with Crippen molar-refractivity contribution in [2.75, 3.05) is 23.9 Å². The van der Waals surface area contributed by atoms with Gasteiger partial charge in [0.2, 0.25) is 0 Å². The molecule has 0 saturated carbocycles. The number of benzene rings is 1. The minimum Gasteiger partial charge on any atom is -0.389 e. The van der Waals surface area contributed by atoms with E-state index < -0.39 is 10.8 Å². The van der Waals surface area contributed by atoms with Gasteiger partial charge in [0.25, 0.3) is 0 Å². The molecule has 88 valence electrons. The number of hydrogen-bond acceptors (Lipinski definition) is 3. The van der Waals surface area contributed by atoms with Crippen molar-refractivity contribution in [2.45, 2.75) is 0 Å². The van der Waals surface area contributed by atoms with Crippen molar-refractivity contribution in [1.29, 1.82) is 0 Å². The first-order chi connectivity index (χ1) is 7.50. The van der Waals surface area contributed by atoms with Crippen LogP contribution in [0.5, 0.6) is 0 Å². The summed E-state index contributed by atoms with van der Waals surface area (Å²) in [4.78, 5) is 0.349. The highest BCUT2D eigenvalue weighted by molar-refractivity contribution is 9.10. The van der Waals surface area contributed by atoms with E-state index in [0.29, 0.717) is 17.3 Å². The Kier molecular flexibility index (Phi) is 5.37. The maximum absolute atomic E-state index is 10.9. The smallest absolute Gasteiger partial charge is 0.106 e. The van der Waals surface area contributed by atoms with E-state index in [0.717, 1.165) is 15.7 Å². The predicted molar refractivity (Wildman–Crippen MR) is 77.5 cm³/mol. The van der Waals surface area contributed by atoms with Crippen LogP contribution >= 0.6 is 28.1 Å². The van der Waals surface area contributed by atoms with Gasteiger partial charge in [-0.15, -0.1) is 0 Å². The number of rotatable bonds is 5. The first-order valence-electron chi connectivity index (χ1n) is 4.64. The number of hydrogen-bond donors (Lipinski definition) is 2. The number of nitrogens with one attached hydrogen (secondary N) is 1. The lowest BCUT2D eigenvalue weighted by Crippen LogP contribution is -2.16. The quantitative estimate of drug-likeness (QED) is 0.813. The third-order valence-corrected chi connectivity index (χ3v) is 3.44. The van der Waals surface area contributed by atoms with Crippen molar-refractivity contribution in [3.8, 4) is 0 Å². The molecule has 1 aromatic carbocycles. The molecule has 6 heteroatoms. The zero-order valence-corrected chi connectivity index (χ0v) is 12.0. The molecule has 0 aromatic heterocycles. The highest BCUT2D eigenvalue weighted by Gasteiger charge is 2.05. The molecule has 0 aliphatic carbocycles. The summed E-state index contributed by atoms with van der Waals surface area (Å²) in [6.07, 6.45) is 1.68. The maximum Gasteiger partial charge on any atom is 0.106 e. The minimum absolute atomic E-state index is 0.349. The second-order valence-electron chi connectivity index (χ2n) is 3.26. The van der Waals surface area contributed by atoms with Gasteiger partial charge in [-0.25, -0.2) is 0 Å². The predicted octanol–water partition coefficient (Wildman–Crippen LogP) is 1.87. The molecule has 16 heavy (non-hydrogen) atoms. The van der Waals surface area contributed by atoms with Gasteiger partial charge in [0.15, 0.2) is 0 Å². The molecule has 0 heterocycles. The molecule has 0 fully saturated rings. The number of halogens is 1. The SMILES string of the molecule is CS(=O)CCNc1ccc(Br)cc1C(N)=S. The van der Waals surface area contributed by atoms with Crippen LogP contribution in [0.15, 0.2) is 22.7 Å². The van der Waals surface area contributed by atoms with E-state index in [-0.39, 0.29) is 0 Å². The number of thiocarbonyl (C=S) groups is 1. The van der Waals surface area contributed by atoms with Crippen LogP contribution in [0.4, 0.5) is 5.69 Å². The van der Waals surface area contributed by atoms with E-state index in [4.69, 9.17) is 18.0 Å². The average Bonchev–Trinajstić information content (AvgIpc) is 2.19. The Hall–Kier alpha value is -0.460. The van der Waals surface area contributed by atoms with Crippen molar-refractivity contribution in [1.82, 2.24) is 0 Å². The molecule has 3 nitrogen and oxygen atoms in total. The number of nitrogens with two attached hydrogens (primary N) is 1. The fourth-order valence-electron chi connectivity index (χ4n) is 1.20. The normalized spacial score (nSPS) is 12.1. The fourth-order valence-corrected chi connectivity index (χ4v) is 2.12. The van der Waals surface area contributed by atoms with Gasteiger partial charge in [-0.1, -0.05) is 28.1 Å². The zero-order chi connectivity index (χ0) is 12.1. The first kappa shape index (κ1) is 13.6. The zero-order valence-electron chi connectivity index (χ0n) is 8.83. The molecule has 1 aromatic rings. The van der Waals surface area contributed by atoms with E-state index in [1.165, 1.54) is 0 Å². The molecule has 0 radical (unpaired) electrons. The topological polar surface area (TPSA) is 55.1 Å². The molecule has 1 atom stereocenters. The minimum atomic E-state index is -0.797. The molecule has 0 bridgehead atoms. The summed E-state index contributed by atoms with van der Waals surface area (Å²) in [5.74, 6) is 0.604. The van der Waals surface area contributed by atoms with Crippen molar-refractivity contribution >= 4 is 49.6 Å². The monoisotopic (exact) mass is 320 g/mol. The Morgan fingerprint density at radius 2 is 2.31 bits per heavy atom. The summed E-state index contributed by atoms with van der Waals surface area (Å²) < 4.78 is 11.9. The first-order valence-corrected chi connectivity index (χ1v) is 7.57. The van der Waals surface area contributed by atoms with Crippen LogP contribution in [0.25, 0.3) is 0 Å². The van der Waals surface area contributed by atoms with Gasteiger partial charge in [-0.3, -0.25) is 4.21 Å². The molecular weight excluding hydrogens is 308 g/mol. The second-order valence-corrected chi connectivity index (χ2v) is 6.17. The second kappa shape index (κ2) is 6.32. The van der Waals surface area contributed by atoms with Crippen LogP contribution in [0.1, 0.15) is 5.56 Å². The van der Waals surface area contributed by atoms with Crippen molar-refractivity contribution < 1.29 is 4.21 Å². The van der Waals surface area contributed by atoms with Crippen LogP contribution in [-0.2, 0) is 10.8 Å². The molecule has 0 aliphatic rings.